The monoisotopic (exact) mass is 247 g/mol. The number of nitrogens with two attached hydrogens (primary N) is 1. The number of aliphatic hydroxyl groups excluding tert-OH is 1. The maximum absolute atomic E-state index is 10.8. The third kappa shape index (κ3) is 2.32. The van der Waals surface area contributed by atoms with Crippen LogP contribution in [0.1, 0.15) is 54.9 Å². The second-order valence-corrected chi connectivity index (χ2v) is 5.82. The fourth-order valence-corrected chi connectivity index (χ4v) is 3.24. The van der Waals surface area contributed by atoms with Gasteiger partial charge in [-0.1, -0.05) is 37.5 Å². The summed E-state index contributed by atoms with van der Waals surface area (Å²) in [5.74, 6) is 0. The molecule has 3 N–H and O–H groups in total. The van der Waals surface area contributed by atoms with Gasteiger partial charge in [0, 0.05) is 12.0 Å². The van der Waals surface area contributed by atoms with Crippen molar-refractivity contribution in [1.82, 2.24) is 0 Å². The molecule has 100 valence electrons. The Kier molecular flexibility index (Phi) is 4.08. The molecule has 1 atom stereocenters. The van der Waals surface area contributed by atoms with E-state index >= 15 is 0 Å². The first-order valence-electron chi connectivity index (χ1n) is 7.05. The van der Waals surface area contributed by atoms with E-state index < -0.39 is 6.10 Å². The third-order valence-electron chi connectivity index (χ3n) is 4.78. The topological polar surface area (TPSA) is 46.2 Å². The van der Waals surface area contributed by atoms with Crippen LogP contribution in [-0.4, -0.2) is 11.7 Å². The molecule has 2 nitrogen and oxygen atoms in total. The lowest BCUT2D eigenvalue weighted by Crippen LogP contribution is -2.38. The molecule has 0 bridgehead atoms. The predicted octanol–water partition coefficient (Wildman–Crippen LogP) is 3.25. The highest BCUT2D eigenvalue weighted by Crippen LogP contribution is 2.46. The molecule has 1 aromatic rings. The van der Waals surface area contributed by atoms with Crippen LogP contribution < -0.4 is 5.73 Å². The zero-order chi connectivity index (χ0) is 13.2. The Balaban J connectivity index is 2.33. The number of rotatable bonds is 3. The lowest BCUT2D eigenvalue weighted by Gasteiger charge is -2.41. The van der Waals surface area contributed by atoms with E-state index in [1.807, 2.05) is 6.07 Å². The minimum atomic E-state index is -0.414. The first kappa shape index (κ1) is 13.6. The van der Waals surface area contributed by atoms with E-state index in [1.54, 1.807) is 0 Å². The van der Waals surface area contributed by atoms with Gasteiger partial charge in [-0.25, -0.2) is 0 Å². The summed E-state index contributed by atoms with van der Waals surface area (Å²) in [4.78, 5) is 0. The highest BCUT2D eigenvalue weighted by atomic mass is 16.3. The first-order valence-corrected chi connectivity index (χ1v) is 7.05. The van der Waals surface area contributed by atoms with Crippen LogP contribution in [0.4, 0.5) is 0 Å². The summed E-state index contributed by atoms with van der Waals surface area (Å²) in [6.07, 6.45) is 5.36. The van der Waals surface area contributed by atoms with E-state index in [9.17, 15) is 5.11 Å². The first-order chi connectivity index (χ1) is 8.60. The summed E-state index contributed by atoms with van der Waals surface area (Å²) in [5.41, 5.74) is 9.43. The Morgan fingerprint density at radius 3 is 2.50 bits per heavy atom. The fourth-order valence-electron chi connectivity index (χ4n) is 3.24. The molecule has 1 aliphatic carbocycles. The summed E-state index contributed by atoms with van der Waals surface area (Å²) in [6, 6.07) is 6.19. The number of aliphatic hydroxyl groups is 1. The van der Waals surface area contributed by atoms with E-state index in [-0.39, 0.29) is 5.41 Å². The average Bonchev–Trinajstić information content (AvgIpc) is 2.42. The maximum Gasteiger partial charge on any atom is 0.0860 e. The largest absolute Gasteiger partial charge is 0.388 e. The summed E-state index contributed by atoms with van der Waals surface area (Å²) in [5, 5.41) is 10.8. The van der Waals surface area contributed by atoms with Crippen LogP contribution in [0.15, 0.2) is 18.2 Å². The minimum absolute atomic E-state index is 0.100. The molecule has 1 aromatic carbocycles. The van der Waals surface area contributed by atoms with Crippen molar-refractivity contribution in [3.63, 3.8) is 0 Å². The normalized spacial score (nSPS) is 20.7. The Labute approximate surface area is 110 Å². The van der Waals surface area contributed by atoms with Crippen LogP contribution in [-0.2, 0) is 0 Å². The molecule has 0 saturated heterocycles. The Morgan fingerprint density at radius 2 is 1.89 bits per heavy atom. The van der Waals surface area contributed by atoms with Crippen LogP contribution in [0.25, 0.3) is 0 Å². The molecule has 1 unspecified atom stereocenters. The van der Waals surface area contributed by atoms with Crippen molar-refractivity contribution in [3.05, 3.63) is 34.9 Å². The predicted molar refractivity (Wildman–Crippen MR) is 75.4 cm³/mol. The molecule has 0 heterocycles. The Hall–Kier alpha value is -0.860. The van der Waals surface area contributed by atoms with Gasteiger partial charge >= 0.3 is 0 Å². The summed E-state index contributed by atoms with van der Waals surface area (Å²) >= 11 is 0. The highest BCUT2D eigenvalue weighted by Gasteiger charge is 2.39. The van der Waals surface area contributed by atoms with E-state index in [0.717, 1.165) is 18.4 Å². The number of hydrogen-bond acceptors (Lipinski definition) is 2. The van der Waals surface area contributed by atoms with Gasteiger partial charge in [0.25, 0.3) is 0 Å². The third-order valence-corrected chi connectivity index (χ3v) is 4.78. The molecule has 0 aromatic heterocycles. The molecule has 0 radical (unpaired) electrons. The summed E-state index contributed by atoms with van der Waals surface area (Å²) < 4.78 is 0. The van der Waals surface area contributed by atoms with E-state index in [0.29, 0.717) is 6.54 Å². The van der Waals surface area contributed by atoms with Crippen LogP contribution in [0, 0.1) is 19.3 Å². The minimum Gasteiger partial charge on any atom is -0.388 e. The van der Waals surface area contributed by atoms with E-state index in [2.05, 4.69) is 26.0 Å². The van der Waals surface area contributed by atoms with Gasteiger partial charge in [-0.15, -0.1) is 0 Å². The van der Waals surface area contributed by atoms with Crippen molar-refractivity contribution in [3.8, 4) is 0 Å². The lowest BCUT2D eigenvalue weighted by molar-refractivity contribution is 0.000265. The van der Waals surface area contributed by atoms with Gasteiger partial charge < -0.3 is 10.8 Å². The van der Waals surface area contributed by atoms with Gasteiger partial charge in [0.05, 0.1) is 6.10 Å². The maximum atomic E-state index is 10.8. The van der Waals surface area contributed by atoms with Crippen molar-refractivity contribution in [1.29, 1.82) is 0 Å². The molecule has 1 aliphatic rings. The molecule has 18 heavy (non-hydrogen) atoms. The quantitative estimate of drug-likeness (QED) is 0.861. The lowest BCUT2D eigenvalue weighted by atomic mass is 9.68. The molecular weight excluding hydrogens is 222 g/mol. The molecule has 0 aliphatic heterocycles. The zero-order valence-corrected chi connectivity index (χ0v) is 11.6. The average molecular weight is 247 g/mol. The summed E-state index contributed by atoms with van der Waals surface area (Å²) in [7, 11) is 0. The van der Waals surface area contributed by atoms with Gasteiger partial charge in [-0.2, -0.15) is 0 Å². The molecular formula is C16H25NO. The van der Waals surface area contributed by atoms with Crippen molar-refractivity contribution in [2.24, 2.45) is 11.1 Å². The molecule has 2 rings (SSSR count). The SMILES string of the molecule is Cc1cccc(C(O)C2(CN)CCCCC2)c1C. The smallest absolute Gasteiger partial charge is 0.0860 e. The number of hydrogen-bond donors (Lipinski definition) is 2. The molecule has 0 spiro atoms. The molecule has 1 fully saturated rings. The standard InChI is InChI=1S/C16H25NO/c1-12-7-6-8-14(13(12)2)15(18)16(11-17)9-4-3-5-10-16/h6-8,15,18H,3-5,9-11,17H2,1-2H3. The van der Waals surface area contributed by atoms with Crippen molar-refractivity contribution in [2.75, 3.05) is 6.54 Å². The molecule has 1 saturated carbocycles. The zero-order valence-electron chi connectivity index (χ0n) is 11.6. The summed E-state index contributed by atoms with van der Waals surface area (Å²) in [6.45, 7) is 4.78. The van der Waals surface area contributed by atoms with Crippen molar-refractivity contribution >= 4 is 0 Å². The fraction of sp³-hybridized carbons (Fsp3) is 0.625. The second-order valence-electron chi connectivity index (χ2n) is 5.82. The van der Waals surface area contributed by atoms with Crippen molar-refractivity contribution < 1.29 is 5.11 Å². The van der Waals surface area contributed by atoms with Gasteiger partial charge in [0.1, 0.15) is 0 Å². The second kappa shape index (κ2) is 5.41. The molecule has 2 heteroatoms. The van der Waals surface area contributed by atoms with Gasteiger partial charge in [0.15, 0.2) is 0 Å². The molecule has 0 amide bonds. The van der Waals surface area contributed by atoms with Crippen LogP contribution in [0.3, 0.4) is 0 Å². The Morgan fingerprint density at radius 1 is 1.22 bits per heavy atom. The van der Waals surface area contributed by atoms with Gasteiger partial charge in [0.2, 0.25) is 0 Å². The van der Waals surface area contributed by atoms with Gasteiger partial charge in [-0.05, 0) is 43.4 Å². The van der Waals surface area contributed by atoms with Crippen LogP contribution in [0.5, 0.6) is 0 Å². The van der Waals surface area contributed by atoms with Gasteiger partial charge in [-0.3, -0.25) is 0 Å². The van der Waals surface area contributed by atoms with Crippen LogP contribution in [0.2, 0.25) is 0 Å². The van der Waals surface area contributed by atoms with Crippen molar-refractivity contribution in [2.45, 2.75) is 52.1 Å². The number of aryl methyl sites for hydroxylation is 1. The highest BCUT2D eigenvalue weighted by molar-refractivity contribution is 5.35. The Bertz CT molecular complexity index is 408. The van der Waals surface area contributed by atoms with Crippen LogP contribution >= 0.6 is 0 Å². The van der Waals surface area contributed by atoms with E-state index in [1.165, 1.54) is 30.4 Å². The van der Waals surface area contributed by atoms with E-state index in [4.69, 9.17) is 5.73 Å². The number of benzene rings is 1.